The first kappa shape index (κ1) is 15.1. The zero-order valence-corrected chi connectivity index (χ0v) is 11.8. The van der Waals surface area contributed by atoms with E-state index in [9.17, 15) is 14.3 Å². The molecule has 6 nitrogen and oxygen atoms in total. The van der Waals surface area contributed by atoms with Crippen LogP contribution >= 0.6 is 0 Å². The maximum atomic E-state index is 11.2. The van der Waals surface area contributed by atoms with Gasteiger partial charge in [0.15, 0.2) is 0 Å². The number of nitro benzene ring substituents is 1. The monoisotopic (exact) mass is 281 g/mol. The normalized spacial score (nSPS) is 13.4. The van der Waals surface area contributed by atoms with Gasteiger partial charge in [-0.3, -0.25) is 14.3 Å². The van der Waals surface area contributed by atoms with Crippen molar-refractivity contribution >= 4 is 22.2 Å². The Bertz CT molecular complexity index is 554. The molecule has 0 saturated carbocycles. The smallest absolute Gasteiger partial charge is 0.287 e. The number of benzene rings is 1. The number of nitrogens with zero attached hydrogens (tertiary/aromatic N) is 3. The molecule has 0 radical (unpaired) electrons. The minimum absolute atomic E-state index is 0.0128. The van der Waals surface area contributed by atoms with Crippen LogP contribution < -0.4 is 4.90 Å². The first-order valence-electron chi connectivity index (χ1n) is 5.58. The quantitative estimate of drug-likeness (QED) is 0.605. The van der Waals surface area contributed by atoms with Gasteiger partial charge in [-0.1, -0.05) is 0 Å². The molecule has 0 aliphatic carbocycles. The van der Waals surface area contributed by atoms with Gasteiger partial charge in [-0.15, -0.1) is 0 Å². The number of nitriles is 1. The van der Waals surface area contributed by atoms with Crippen molar-refractivity contribution in [3.05, 3.63) is 33.9 Å². The summed E-state index contributed by atoms with van der Waals surface area (Å²) in [6.07, 6.45) is 1.63. The summed E-state index contributed by atoms with van der Waals surface area (Å²) in [6.45, 7) is 1.91. The van der Waals surface area contributed by atoms with Crippen LogP contribution in [0.15, 0.2) is 18.2 Å². The van der Waals surface area contributed by atoms with Crippen molar-refractivity contribution in [2.45, 2.75) is 13.0 Å². The minimum atomic E-state index is -0.924. The number of nitro groups is 1. The van der Waals surface area contributed by atoms with Gasteiger partial charge in [-0.2, -0.15) is 5.26 Å². The van der Waals surface area contributed by atoms with Crippen molar-refractivity contribution in [3.63, 3.8) is 0 Å². The first-order valence-corrected chi connectivity index (χ1v) is 7.31. The zero-order valence-electron chi connectivity index (χ0n) is 11.0. The summed E-state index contributed by atoms with van der Waals surface area (Å²) in [6, 6.07) is 6.23. The molecule has 19 heavy (non-hydrogen) atoms. The van der Waals surface area contributed by atoms with E-state index in [-0.39, 0.29) is 17.3 Å². The third-order valence-corrected chi connectivity index (χ3v) is 3.79. The third-order valence-electron chi connectivity index (χ3n) is 2.84. The van der Waals surface area contributed by atoms with Gasteiger partial charge in [0.05, 0.1) is 4.92 Å². The molecule has 0 spiro atoms. The lowest BCUT2D eigenvalue weighted by atomic mass is 10.1. The standard InChI is InChI=1S/C12H15N3O3S/c1-9(8-19(3)18)14(2)11-4-5-12(15(16)17)10(6-11)7-13/h4-6,9H,8H2,1-3H3. The summed E-state index contributed by atoms with van der Waals surface area (Å²) in [7, 11) is 0.882. The number of hydrogen-bond donors (Lipinski definition) is 0. The van der Waals surface area contributed by atoms with Crippen molar-refractivity contribution < 1.29 is 9.13 Å². The molecule has 0 saturated heterocycles. The van der Waals surface area contributed by atoms with Gasteiger partial charge in [0.2, 0.25) is 0 Å². The van der Waals surface area contributed by atoms with Crippen molar-refractivity contribution in [1.29, 1.82) is 5.26 Å². The second kappa shape index (κ2) is 6.29. The zero-order chi connectivity index (χ0) is 14.6. The maximum absolute atomic E-state index is 11.2. The van der Waals surface area contributed by atoms with Crippen LogP contribution in [0.2, 0.25) is 0 Å². The van der Waals surface area contributed by atoms with Gasteiger partial charge < -0.3 is 4.90 Å². The summed E-state index contributed by atoms with van der Waals surface area (Å²) in [5.41, 5.74) is 0.519. The summed E-state index contributed by atoms with van der Waals surface area (Å²) < 4.78 is 11.2. The molecular weight excluding hydrogens is 266 g/mol. The molecule has 102 valence electrons. The van der Waals surface area contributed by atoms with E-state index in [1.165, 1.54) is 12.1 Å². The molecule has 0 heterocycles. The third kappa shape index (κ3) is 3.76. The highest BCUT2D eigenvalue weighted by atomic mass is 32.2. The molecule has 1 aromatic rings. The van der Waals surface area contributed by atoms with E-state index in [1.54, 1.807) is 19.4 Å². The molecule has 0 N–H and O–H groups in total. The second-order valence-electron chi connectivity index (χ2n) is 4.27. The fourth-order valence-electron chi connectivity index (χ4n) is 1.70. The van der Waals surface area contributed by atoms with Crippen LogP contribution in [0.5, 0.6) is 0 Å². The Balaban J connectivity index is 3.06. The van der Waals surface area contributed by atoms with Crippen molar-refractivity contribution in [2.24, 2.45) is 0 Å². The molecule has 1 rings (SSSR count). The summed E-state index contributed by atoms with van der Waals surface area (Å²) in [4.78, 5) is 12.0. The number of anilines is 1. The topological polar surface area (TPSA) is 87.2 Å². The van der Waals surface area contributed by atoms with Crippen molar-refractivity contribution in [3.8, 4) is 6.07 Å². The molecule has 1 aromatic carbocycles. The predicted molar refractivity (Wildman–Crippen MR) is 74.6 cm³/mol. The fraction of sp³-hybridized carbons (Fsp3) is 0.417. The summed E-state index contributed by atoms with van der Waals surface area (Å²) >= 11 is 0. The Kier molecular flexibility index (Phi) is 5.01. The average Bonchev–Trinajstić information content (AvgIpc) is 2.36. The highest BCUT2D eigenvalue weighted by Crippen LogP contribution is 2.24. The maximum Gasteiger partial charge on any atom is 0.287 e. The van der Waals surface area contributed by atoms with Gasteiger partial charge in [-0.25, -0.2) is 0 Å². The molecule has 0 aromatic heterocycles. The molecule has 0 aliphatic heterocycles. The van der Waals surface area contributed by atoms with Gasteiger partial charge in [0.25, 0.3) is 5.69 Å². The van der Waals surface area contributed by atoms with E-state index in [0.717, 1.165) is 0 Å². The van der Waals surface area contributed by atoms with E-state index in [0.29, 0.717) is 11.4 Å². The lowest BCUT2D eigenvalue weighted by Crippen LogP contribution is -2.33. The molecule has 0 fully saturated rings. The highest BCUT2D eigenvalue weighted by molar-refractivity contribution is 7.84. The summed E-state index contributed by atoms with van der Waals surface area (Å²) in [5, 5.41) is 19.7. The molecule has 0 bridgehead atoms. The van der Waals surface area contributed by atoms with Crippen LogP contribution in [0.25, 0.3) is 0 Å². The van der Waals surface area contributed by atoms with Gasteiger partial charge in [-0.05, 0) is 19.1 Å². The number of rotatable bonds is 5. The van der Waals surface area contributed by atoms with E-state index >= 15 is 0 Å². The Morgan fingerprint density at radius 2 is 2.21 bits per heavy atom. The van der Waals surface area contributed by atoms with Crippen LogP contribution in [0.1, 0.15) is 12.5 Å². The van der Waals surface area contributed by atoms with Crippen LogP contribution in [0, 0.1) is 21.4 Å². The van der Waals surface area contributed by atoms with E-state index in [4.69, 9.17) is 5.26 Å². The Morgan fingerprint density at radius 3 is 2.68 bits per heavy atom. The Labute approximate surface area is 114 Å². The highest BCUT2D eigenvalue weighted by Gasteiger charge is 2.17. The second-order valence-corrected chi connectivity index (χ2v) is 5.75. The predicted octanol–water partition coefficient (Wildman–Crippen LogP) is 1.67. The number of hydrogen-bond acceptors (Lipinski definition) is 5. The van der Waals surface area contributed by atoms with E-state index in [2.05, 4.69) is 0 Å². The molecule has 7 heteroatoms. The van der Waals surface area contributed by atoms with Gasteiger partial charge in [0.1, 0.15) is 11.6 Å². The summed E-state index contributed by atoms with van der Waals surface area (Å²) in [5.74, 6) is 0.495. The lowest BCUT2D eigenvalue weighted by Gasteiger charge is -2.26. The fourth-order valence-corrected chi connectivity index (χ4v) is 2.60. The van der Waals surface area contributed by atoms with E-state index < -0.39 is 15.7 Å². The van der Waals surface area contributed by atoms with Crippen LogP contribution in [-0.2, 0) is 10.8 Å². The van der Waals surface area contributed by atoms with Gasteiger partial charge in [0, 0.05) is 47.7 Å². The SMILES string of the molecule is CC(CS(C)=O)N(C)c1ccc([N+](=O)[O-])c(C#N)c1. The Hall–Kier alpha value is -1.94. The lowest BCUT2D eigenvalue weighted by molar-refractivity contribution is -0.385. The largest absolute Gasteiger partial charge is 0.371 e. The van der Waals surface area contributed by atoms with Crippen molar-refractivity contribution in [2.75, 3.05) is 24.0 Å². The molecule has 2 unspecified atom stereocenters. The molecule has 0 aliphatic rings. The van der Waals surface area contributed by atoms with Crippen molar-refractivity contribution in [1.82, 2.24) is 0 Å². The average molecular weight is 281 g/mol. The molecular formula is C12H15N3O3S. The first-order chi connectivity index (χ1) is 8.86. The van der Waals surface area contributed by atoms with Crippen LogP contribution in [0.4, 0.5) is 11.4 Å². The van der Waals surface area contributed by atoms with E-state index in [1.807, 2.05) is 17.9 Å². The van der Waals surface area contributed by atoms with Crippen LogP contribution in [0.3, 0.4) is 0 Å². The molecule has 0 amide bonds. The Morgan fingerprint density at radius 1 is 1.58 bits per heavy atom. The van der Waals surface area contributed by atoms with Crippen LogP contribution in [-0.4, -0.2) is 34.2 Å². The minimum Gasteiger partial charge on any atom is -0.371 e. The van der Waals surface area contributed by atoms with Gasteiger partial charge >= 0.3 is 0 Å². The molecule has 2 atom stereocenters.